The molecule has 0 aliphatic carbocycles. The van der Waals surface area contributed by atoms with Crippen molar-refractivity contribution in [3.05, 3.63) is 18.1 Å². The van der Waals surface area contributed by atoms with Crippen LogP contribution in [0.1, 0.15) is 19.5 Å². The second kappa shape index (κ2) is 4.87. The summed E-state index contributed by atoms with van der Waals surface area (Å²) in [6.45, 7) is 6.99. The molecule has 0 atom stereocenters. The molecule has 2 aromatic rings. The highest BCUT2D eigenvalue weighted by atomic mass is 35.5. The summed E-state index contributed by atoms with van der Waals surface area (Å²) in [5.74, 6) is 2.19. The summed E-state index contributed by atoms with van der Waals surface area (Å²) in [5.41, 5.74) is 0.931. The lowest BCUT2D eigenvalue weighted by Crippen LogP contribution is -2.34. The van der Waals surface area contributed by atoms with Gasteiger partial charge in [-0.05, 0) is 20.8 Å². The Morgan fingerprint density at radius 2 is 2.24 bits per heavy atom. The average molecular weight is 254 g/mol. The van der Waals surface area contributed by atoms with Gasteiger partial charge in [0.25, 0.3) is 5.78 Å². The van der Waals surface area contributed by atoms with Crippen LogP contribution in [0.25, 0.3) is 5.78 Å². The Bertz CT molecular complexity index is 508. The molecule has 2 rings (SSSR count). The number of nitrogens with zero attached hydrogens (tertiary/aromatic N) is 5. The summed E-state index contributed by atoms with van der Waals surface area (Å²) in [5, 5.41) is 4.20. The van der Waals surface area contributed by atoms with Crippen LogP contribution in [0.15, 0.2) is 12.4 Å². The molecule has 0 saturated carbocycles. The van der Waals surface area contributed by atoms with E-state index in [0.29, 0.717) is 17.7 Å². The Morgan fingerprint density at radius 3 is 2.88 bits per heavy atom. The van der Waals surface area contributed by atoms with Crippen molar-refractivity contribution in [2.75, 3.05) is 17.3 Å². The normalized spacial score (nSPS) is 11.4. The molecule has 0 spiro atoms. The maximum Gasteiger partial charge on any atom is 0.254 e. The first-order chi connectivity index (χ1) is 8.13. The zero-order valence-corrected chi connectivity index (χ0v) is 11.0. The Morgan fingerprint density at radius 1 is 1.47 bits per heavy atom. The predicted molar refractivity (Wildman–Crippen MR) is 68.7 cm³/mol. The minimum atomic E-state index is 0.350. The number of fused-ring (bicyclic) bond motifs is 1. The van der Waals surface area contributed by atoms with Crippen molar-refractivity contribution < 1.29 is 0 Å². The standard InChI is InChI=1S/C11H16ClN5/c1-8(2)16(5-4-12)10-6-9(3)15-11-13-7-14-17(10)11/h6-8H,4-5H2,1-3H3. The molecular weight excluding hydrogens is 238 g/mol. The third-order valence-electron chi connectivity index (χ3n) is 2.60. The van der Waals surface area contributed by atoms with Gasteiger partial charge in [-0.25, -0.2) is 4.98 Å². The van der Waals surface area contributed by atoms with E-state index in [9.17, 15) is 0 Å². The van der Waals surface area contributed by atoms with E-state index in [-0.39, 0.29) is 0 Å². The van der Waals surface area contributed by atoms with E-state index in [1.807, 2.05) is 13.0 Å². The van der Waals surface area contributed by atoms with E-state index in [1.54, 1.807) is 4.52 Å². The van der Waals surface area contributed by atoms with E-state index >= 15 is 0 Å². The summed E-state index contributed by atoms with van der Waals surface area (Å²) in [6, 6.07) is 2.36. The monoisotopic (exact) mass is 253 g/mol. The fraction of sp³-hybridized carbons (Fsp3) is 0.545. The fourth-order valence-electron chi connectivity index (χ4n) is 1.84. The van der Waals surface area contributed by atoms with Gasteiger partial charge in [0, 0.05) is 30.2 Å². The molecule has 0 N–H and O–H groups in total. The van der Waals surface area contributed by atoms with E-state index < -0.39 is 0 Å². The van der Waals surface area contributed by atoms with Gasteiger partial charge in [0.1, 0.15) is 12.1 Å². The first kappa shape index (κ1) is 12.1. The Hall–Kier alpha value is -1.36. The molecule has 0 saturated heterocycles. The molecule has 0 aliphatic heterocycles. The molecule has 0 unspecified atom stereocenters. The molecule has 92 valence electrons. The smallest absolute Gasteiger partial charge is 0.254 e. The van der Waals surface area contributed by atoms with Gasteiger partial charge in [-0.2, -0.15) is 14.6 Å². The first-order valence-corrected chi connectivity index (χ1v) is 6.17. The zero-order chi connectivity index (χ0) is 12.4. The largest absolute Gasteiger partial charge is 0.353 e. The zero-order valence-electron chi connectivity index (χ0n) is 10.3. The maximum absolute atomic E-state index is 5.85. The average Bonchev–Trinajstić information content (AvgIpc) is 2.72. The number of hydrogen-bond donors (Lipinski definition) is 0. The lowest BCUT2D eigenvalue weighted by molar-refractivity contribution is 0.678. The van der Waals surface area contributed by atoms with Gasteiger partial charge in [0.15, 0.2) is 0 Å². The molecule has 0 aromatic carbocycles. The molecule has 17 heavy (non-hydrogen) atoms. The van der Waals surface area contributed by atoms with Crippen LogP contribution in [0.4, 0.5) is 5.82 Å². The molecule has 2 aromatic heterocycles. The van der Waals surface area contributed by atoms with Crippen LogP contribution in [-0.4, -0.2) is 38.0 Å². The molecule has 2 heterocycles. The third-order valence-corrected chi connectivity index (χ3v) is 2.77. The Labute approximate surface area is 105 Å². The van der Waals surface area contributed by atoms with Crippen molar-refractivity contribution in [3.8, 4) is 0 Å². The molecule has 0 bridgehead atoms. The van der Waals surface area contributed by atoms with Crippen LogP contribution in [0.3, 0.4) is 0 Å². The Balaban J connectivity index is 2.54. The molecular formula is C11H16ClN5. The SMILES string of the molecule is Cc1cc(N(CCCl)C(C)C)n2ncnc2n1. The summed E-state index contributed by atoms with van der Waals surface area (Å²) in [7, 11) is 0. The van der Waals surface area contributed by atoms with Crippen molar-refractivity contribution in [3.63, 3.8) is 0 Å². The molecule has 0 radical (unpaired) electrons. The van der Waals surface area contributed by atoms with Crippen molar-refractivity contribution in [1.29, 1.82) is 0 Å². The van der Waals surface area contributed by atoms with Gasteiger partial charge in [-0.3, -0.25) is 0 Å². The quantitative estimate of drug-likeness (QED) is 0.781. The number of aryl methyl sites for hydroxylation is 1. The van der Waals surface area contributed by atoms with Gasteiger partial charge >= 0.3 is 0 Å². The van der Waals surface area contributed by atoms with Gasteiger partial charge < -0.3 is 4.90 Å². The van der Waals surface area contributed by atoms with Crippen molar-refractivity contribution in [2.24, 2.45) is 0 Å². The highest BCUT2D eigenvalue weighted by Gasteiger charge is 2.15. The number of hydrogen-bond acceptors (Lipinski definition) is 4. The van der Waals surface area contributed by atoms with Gasteiger partial charge in [-0.15, -0.1) is 11.6 Å². The van der Waals surface area contributed by atoms with E-state index in [2.05, 4.69) is 33.8 Å². The second-order valence-corrected chi connectivity index (χ2v) is 4.58. The number of aromatic nitrogens is 4. The van der Waals surface area contributed by atoms with E-state index in [4.69, 9.17) is 11.6 Å². The van der Waals surface area contributed by atoms with Crippen LogP contribution in [0, 0.1) is 6.92 Å². The van der Waals surface area contributed by atoms with Crippen LogP contribution >= 0.6 is 11.6 Å². The maximum atomic E-state index is 5.85. The van der Waals surface area contributed by atoms with Gasteiger partial charge in [0.2, 0.25) is 0 Å². The number of halogens is 1. The van der Waals surface area contributed by atoms with Crippen LogP contribution in [0.5, 0.6) is 0 Å². The Kier molecular flexibility index (Phi) is 3.47. The number of anilines is 1. The minimum Gasteiger partial charge on any atom is -0.353 e. The number of alkyl halides is 1. The molecule has 0 amide bonds. The molecule has 6 heteroatoms. The van der Waals surface area contributed by atoms with Gasteiger partial charge in [0.05, 0.1) is 0 Å². The second-order valence-electron chi connectivity index (χ2n) is 4.20. The summed E-state index contributed by atoms with van der Waals surface area (Å²) < 4.78 is 1.75. The lowest BCUT2D eigenvalue weighted by atomic mass is 10.3. The molecule has 5 nitrogen and oxygen atoms in total. The topological polar surface area (TPSA) is 46.3 Å². The van der Waals surface area contributed by atoms with Crippen molar-refractivity contribution >= 4 is 23.2 Å². The minimum absolute atomic E-state index is 0.350. The summed E-state index contributed by atoms with van der Waals surface area (Å²) in [4.78, 5) is 10.6. The lowest BCUT2D eigenvalue weighted by Gasteiger charge is -2.28. The van der Waals surface area contributed by atoms with Crippen LogP contribution < -0.4 is 4.90 Å². The van der Waals surface area contributed by atoms with E-state index in [1.165, 1.54) is 6.33 Å². The highest BCUT2D eigenvalue weighted by Crippen LogP contribution is 2.18. The van der Waals surface area contributed by atoms with Crippen molar-refractivity contribution in [1.82, 2.24) is 19.6 Å². The summed E-state index contributed by atoms with van der Waals surface area (Å²) in [6.07, 6.45) is 1.52. The summed E-state index contributed by atoms with van der Waals surface area (Å²) >= 11 is 5.85. The predicted octanol–water partition coefficient (Wildman–Crippen LogP) is 1.89. The van der Waals surface area contributed by atoms with Crippen LogP contribution in [0.2, 0.25) is 0 Å². The van der Waals surface area contributed by atoms with Crippen molar-refractivity contribution in [2.45, 2.75) is 26.8 Å². The third kappa shape index (κ3) is 2.34. The fourth-order valence-corrected chi connectivity index (χ4v) is 2.03. The molecule has 0 fully saturated rings. The molecule has 0 aliphatic rings. The van der Waals surface area contributed by atoms with Crippen LogP contribution in [-0.2, 0) is 0 Å². The van der Waals surface area contributed by atoms with E-state index in [0.717, 1.165) is 18.1 Å². The first-order valence-electron chi connectivity index (χ1n) is 5.63. The van der Waals surface area contributed by atoms with Gasteiger partial charge in [-0.1, -0.05) is 0 Å². The highest BCUT2D eigenvalue weighted by molar-refractivity contribution is 6.18. The number of rotatable bonds is 4.